The van der Waals surface area contributed by atoms with E-state index in [0.717, 1.165) is 10.0 Å². The van der Waals surface area contributed by atoms with Crippen LogP contribution in [0.25, 0.3) is 0 Å². The molecule has 18 heavy (non-hydrogen) atoms. The number of benzene rings is 2. The van der Waals surface area contributed by atoms with Crippen LogP contribution in [0.3, 0.4) is 0 Å². The molecule has 2 rings (SSSR count). The highest BCUT2D eigenvalue weighted by Crippen LogP contribution is 2.28. The van der Waals surface area contributed by atoms with E-state index >= 15 is 0 Å². The monoisotopic (exact) mass is 327 g/mol. The maximum Gasteiger partial charge on any atom is 0.146 e. The standard InChI is InChI=1S/C14H12BrClFN/c1-18-14(9-5-7-10(15)8-6-9)11-3-2-4-12(16)13(11)17/h2-8,14,18H,1H3. The van der Waals surface area contributed by atoms with Crippen LogP contribution in [0.2, 0.25) is 5.02 Å². The normalized spacial score (nSPS) is 12.4. The minimum Gasteiger partial charge on any atom is -0.309 e. The molecule has 0 saturated carbocycles. The van der Waals surface area contributed by atoms with Gasteiger partial charge >= 0.3 is 0 Å². The highest BCUT2D eigenvalue weighted by molar-refractivity contribution is 9.10. The van der Waals surface area contributed by atoms with Crippen LogP contribution in [-0.2, 0) is 0 Å². The van der Waals surface area contributed by atoms with Crippen molar-refractivity contribution in [2.75, 3.05) is 7.05 Å². The third-order valence-electron chi connectivity index (χ3n) is 2.78. The first-order valence-electron chi connectivity index (χ1n) is 5.50. The Morgan fingerprint density at radius 1 is 1.17 bits per heavy atom. The third-order valence-corrected chi connectivity index (χ3v) is 3.61. The maximum absolute atomic E-state index is 14.0. The fourth-order valence-corrected chi connectivity index (χ4v) is 2.35. The Morgan fingerprint density at radius 3 is 2.44 bits per heavy atom. The molecule has 0 amide bonds. The van der Waals surface area contributed by atoms with Crippen molar-refractivity contribution < 1.29 is 4.39 Å². The number of nitrogens with one attached hydrogen (secondary N) is 1. The van der Waals surface area contributed by atoms with Gasteiger partial charge in [0.15, 0.2) is 0 Å². The van der Waals surface area contributed by atoms with Crippen LogP contribution in [0.1, 0.15) is 17.2 Å². The van der Waals surface area contributed by atoms with Crippen LogP contribution in [-0.4, -0.2) is 7.05 Å². The molecule has 0 saturated heterocycles. The van der Waals surface area contributed by atoms with Crippen molar-refractivity contribution in [1.29, 1.82) is 0 Å². The second-order valence-electron chi connectivity index (χ2n) is 3.92. The summed E-state index contributed by atoms with van der Waals surface area (Å²) in [6, 6.07) is 12.6. The lowest BCUT2D eigenvalue weighted by Crippen LogP contribution is -2.19. The molecule has 0 bridgehead atoms. The highest BCUT2D eigenvalue weighted by Gasteiger charge is 2.17. The predicted octanol–water partition coefficient (Wildman–Crippen LogP) is 4.55. The molecule has 0 spiro atoms. The topological polar surface area (TPSA) is 12.0 Å². The molecule has 4 heteroatoms. The van der Waals surface area contributed by atoms with E-state index in [-0.39, 0.29) is 16.9 Å². The van der Waals surface area contributed by atoms with E-state index in [1.54, 1.807) is 25.2 Å². The average molecular weight is 329 g/mol. The van der Waals surface area contributed by atoms with Gasteiger partial charge in [-0.05, 0) is 30.8 Å². The molecule has 0 radical (unpaired) electrons. The fraction of sp³-hybridized carbons (Fsp3) is 0.143. The lowest BCUT2D eigenvalue weighted by atomic mass is 9.98. The number of hydrogen-bond donors (Lipinski definition) is 1. The van der Waals surface area contributed by atoms with Crippen LogP contribution in [0.15, 0.2) is 46.9 Å². The van der Waals surface area contributed by atoms with Crippen molar-refractivity contribution in [3.8, 4) is 0 Å². The van der Waals surface area contributed by atoms with Crippen LogP contribution in [0.4, 0.5) is 4.39 Å². The summed E-state index contributed by atoms with van der Waals surface area (Å²) in [4.78, 5) is 0. The summed E-state index contributed by atoms with van der Waals surface area (Å²) in [5.74, 6) is -0.374. The van der Waals surface area contributed by atoms with Gasteiger partial charge in [0.25, 0.3) is 0 Å². The van der Waals surface area contributed by atoms with Crippen molar-refractivity contribution in [3.05, 3.63) is 68.9 Å². The minimum atomic E-state index is -0.374. The smallest absolute Gasteiger partial charge is 0.146 e. The summed E-state index contributed by atoms with van der Waals surface area (Å²) < 4.78 is 15.0. The van der Waals surface area contributed by atoms with Crippen molar-refractivity contribution >= 4 is 27.5 Å². The molecular weight excluding hydrogens is 317 g/mol. The van der Waals surface area contributed by atoms with Gasteiger partial charge in [0.2, 0.25) is 0 Å². The highest BCUT2D eigenvalue weighted by atomic mass is 79.9. The van der Waals surface area contributed by atoms with Crippen molar-refractivity contribution in [2.24, 2.45) is 0 Å². The summed E-state index contributed by atoms with van der Waals surface area (Å²) in [5.41, 5.74) is 1.54. The molecule has 1 unspecified atom stereocenters. The van der Waals surface area contributed by atoms with Gasteiger partial charge < -0.3 is 5.32 Å². The Bertz CT molecular complexity index is 542. The molecule has 0 fully saturated rings. The zero-order valence-electron chi connectivity index (χ0n) is 9.75. The molecular formula is C14H12BrClFN. The van der Waals surface area contributed by atoms with Crippen molar-refractivity contribution in [2.45, 2.75) is 6.04 Å². The lowest BCUT2D eigenvalue weighted by molar-refractivity contribution is 0.576. The van der Waals surface area contributed by atoms with Gasteiger partial charge in [0, 0.05) is 10.0 Å². The van der Waals surface area contributed by atoms with Crippen LogP contribution in [0, 0.1) is 5.82 Å². The number of rotatable bonds is 3. The van der Waals surface area contributed by atoms with Crippen LogP contribution in [0.5, 0.6) is 0 Å². The zero-order valence-corrected chi connectivity index (χ0v) is 12.1. The Hall–Kier alpha value is -0.900. The van der Waals surface area contributed by atoms with Crippen molar-refractivity contribution in [3.63, 3.8) is 0 Å². The summed E-state index contributed by atoms with van der Waals surface area (Å²) in [5, 5.41) is 3.25. The molecule has 2 aromatic carbocycles. The predicted molar refractivity (Wildman–Crippen MR) is 76.5 cm³/mol. The SMILES string of the molecule is CNC(c1ccc(Br)cc1)c1cccc(Cl)c1F. The molecule has 0 aliphatic rings. The molecule has 94 valence electrons. The summed E-state index contributed by atoms with van der Waals surface area (Å²) in [6.45, 7) is 0. The molecule has 1 atom stereocenters. The molecule has 0 heterocycles. The molecule has 0 aliphatic carbocycles. The molecule has 1 N–H and O–H groups in total. The van der Waals surface area contributed by atoms with E-state index in [4.69, 9.17) is 11.6 Å². The van der Waals surface area contributed by atoms with E-state index in [1.807, 2.05) is 24.3 Å². The summed E-state index contributed by atoms with van der Waals surface area (Å²) in [7, 11) is 1.80. The fourth-order valence-electron chi connectivity index (χ4n) is 1.90. The largest absolute Gasteiger partial charge is 0.309 e. The first-order chi connectivity index (χ1) is 8.63. The van der Waals surface area contributed by atoms with Gasteiger partial charge in [-0.25, -0.2) is 4.39 Å². The van der Waals surface area contributed by atoms with E-state index < -0.39 is 0 Å². The van der Waals surface area contributed by atoms with Crippen LogP contribution >= 0.6 is 27.5 Å². The van der Waals surface area contributed by atoms with Crippen molar-refractivity contribution in [1.82, 2.24) is 5.32 Å². The van der Waals surface area contributed by atoms with Gasteiger partial charge in [-0.2, -0.15) is 0 Å². The number of halogens is 3. The minimum absolute atomic E-state index is 0.143. The van der Waals surface area contributed by atoms with E-state index in [9.17, 15) is 4.39 Å². The second kappa shape index (κ2) is 5.83. The van der Waals surface area contributed by atoms with Crippen LogP contribution < -0.4 is 5.32 Å². The second-order valence-corrected chi connectivity index (χ2v) is 5.24. The molecule has 2 aromatic rings. The van der Waals surface area contributed by atoms with Gasteiger partial charge in [-0.15, -0.1) is 0 Å². The first kappa shape index (κ1) is 13.5. The maximum atomic E-state index is 14.0. The zero-order chi connectivity index (χ0) is 13.1. The Morgan fingerprint density at radius 2 is 1.83 bits per heavy atom. The first-order valence-corrected chi connectivity index (χ1v) is 6.67. The van der Waals surface area contributed by atoms with E-state index in [2.05, 4.69) is 21.2 Å². The molecule has 1 nitrogen and oxygen atoms in total. The Balaban J connectivity index is 2.45. The summed E-state index contributed by atoms with van der Waals surface area (Å²) >= 11 is 9.20. The lowest BCUT2D eigenvalue weighted by Gasteiger charge is -2.18. The average Bonchev–Trinajstić information content (AvgIpc) is 2.37. The van der Waals surface area contributed by atoms with Gasteiger partial charge in [0.1, 0.15) is 5.82 Å². The molecule has 0 aromatic heterocycles. The quantitative estimate of drug-likeness (QED) is 0.871. The third kappa shape index (κ3) is 2.74. The van der Waals surface area contributed by atoms with E-state index in [1.165, 1.54) is 0 Å². The van der Waals surface area contributed by atoms with E-state index in [0.29, 0.717) is 5.56 Å². The van der Waals surface area contributed by atoms with Gasteiger partial charge in [-0.1, -0.05) is 51.8 Å². The molecule has 0 aliphatic heterocycles. The van der Waals surface area contributed by atoms with Gasteiger partial charge in [-0.3, -0.25) is 0 Å². The Kier molecular flexibility index (Phi) is 4.38. The van der Waals surface area contributed by atoms with Gasteiger partial charge in [0.05, 0.1) is 11.1 Å². The number of hydrogen-bond acceptors (Lipinski definition) is 1. The summed E-state index contributed by atoms with van der Waals surface area (Å²) in [6.07, 6.45) is 0. The Labute approximate surface area is 119 Å².